The lowest BCUT2D eigenvalue weighted by atomic mass is 10.4. The van der Waals surface area contributed by atoms with Crippen LogP contribution in [-0.2, 0) is 4.79 Å². The van der Waals surface area contributed by atoms with Crippen LogP contribution in [0.25, 0.3) is 0 Å². The number of carbonyl (C=O) groups excluding carboxylic acids is 1. The highest BCUT2D eigenvalue weighted by Crippen LogP contribution is 2.04. The Morgan fingerprint density at radius 3 is 2.78 bits per heavy atom. The lowest BCUT2D eigenvalue weighted by Gasteiger charge is -2.16. The predicted octanol–water partition coefficient (Wildman–Crippen LogP) is -0.818. The van der Waals surface area contributed by atoms with E-state index in [0.717, 1.165) is 0 Å². The molecule has 0 aromatic heterocycles. The maximum absolute atomic E-state index is 10.6. The van der Waals surface area contributed by atoms with Crippen molar-refractivity contribution in [3.05, 3.63) is 28.9 Å². The van der Waals surface area contributed by atoms with Gasteiger partial charge >= 0.3 is 5.91 Å². The summed E-state index contributed by atoms with van der Waals surface area (Å²) in [6.45, 7) is 0. The minimum atomic E-state index is -0.442. The van der Waals surface area contributed by atoms with Gasteiger partial charge in [-0.2, -0.15) is 0 Å². The molecule has 1 amide bonds. The van der Waals surface area contributed by atoms with Crippen LogP contribution in [0, 0.1) is 5.21 Å². The molecule has 1 aliphatic heterocycles. The topological polar surface area (TPSA) is 44.6 Å². The number of rotatable bonds is 0. The second-order valence-corrected chi connectivity index (χ2v) is 2.30. The Labute approximate surface area is 54.8 Å². The van der Waals surface area contributed by atoms with Crippen molar-refractivity contribution < 1.29 is 9.86 Å². The molecule has 0 spiro atoms. The molecule has 2 unspecified atom stereocenters. The average Bonchev–Trinajstić information content (AvgIpc) is 1.83. The zero-order chi connectivity index (χ0) is 6.85. The molecule has 0 saturated carbocycles. The number of allylic oxidation sites excluding steroid dienone is 2. The molecule has 4 heteroatoms. The molecule has 0 saturated heterocycles. The van der Waals surface area contributed by atoms with E-state index in [1.807, 2.05) is 0 Å². The van der Waals surface area contributed by atoms with Gasteiger partial charge in [0.05, 0.1) is 5.31 Å². The molecule has 48 valence electrons. The van der Waals surface area contributed by atoms with Crippen LogP contribution in [0.1, 0.15) is 0 Å². The predicted molar refractivity (Wildman–Crippen MR) is 36.3 cm³/mol. The number of carbonyl (C=O) groups is 1. The van der Waals surface area contributed by atoms with Crippen molar-refractivity contribution in [1.82, 2.24) is 0 Å². The maximum atomic E-state index is 10.6. The minimum absolute atomic E-state index is 0.428. The van der Waals surface area contributed by atoms with Crippen LogP contribution in [0.3, 0.4) is 0 Å². The summed E-state index contributed by atoms with van der Waals surface area (Å²) in [6.07, 6.45) is 4.41. The molecule has 2 atom stereocenters. The summed E-state index contributed by atoms with van der Waals surface area (Å²) < 4.78 is 0. The smallest absolute Gasteiger partial charge is 0.348 e. The van der Waals surface area contributed by atoms with Crippen LogP contribution < -0.4 is 5.06 Å². The van der Waals surface area contributed by atoms with Crippen molar-refractivity contribution >= 4 is 15.1 Å². The van der Waals surface area contributed by atoms with E-state index in [1.165, 1.54) is 6.20 Å². The zero-order valence-corrected chi connectivity index (χ0v) is 5.78. The van der Waals surface area contributed by atoms with Crippen LogP contribution in [0.5, 0.6) is 0 Å². The zero-order valence-electron chi connectivity index (χ0n) is 4.63. The fourth-order valence-electron chi connectivity index (χ4n) is 0.533. The first-order valence-electron chi connectivity index (χ1n) is 2.44. The first-order chi connectivity index (χ1) is 4.22. The first-order valence-corrected chi connectivity index (χ1v) is 3.02. The van der Waals surface area contributed by atoms with Gasteiger partial charge in [0, 0.05) is 0 Å². The number of quaternary nitrogens is 1. The average molecular weight is 143 g/mol. The SMILES string of the molecule is O=C1C(P)=CC=C[NH+]1[O-]. The third-order valence-corrected chi connectivity index (χ3v) is 1.46. The van der Waals surface area contributed by atoms with Crippen molar-refractivity contribution in [2.24, 2.45) is 0 Å². The first kappa shape index (κ1) is 6.62. The summed E-state index contributed by atoms with van der Waals surface area (Å²) >= 11 is 0. The Balaban J connectivity index is 2.86. The van der Waals surface area contributed by atoms with Gasteiger partial charge in [-0.1, -0.05) is 9.24 Å². The Hall–Kier alpha value is -0.500. The highest BCUT2D eigenvalue weighted by atomic mass is 31.0. The van der Waals surface area contributed by atoms with Gasteiger partial charge < -0.3 is 5.21 Å². The maximum Gasteiger partial charge on any atom is 0.348 e. The van der Waals surface area contributed by atoms with Crippen LogP contribution in [0.2, 0.25) is 0 Å². The Morgan fingerprint density at radius 1 is 1.67 bits per heavy atom. The summed E-state index contributed by atoms with van der Waals surface area (Å²) in [5, 5.41) is 10.5. The molecule has 0 radical (unpaired) electrons. The number of hydrogen-bond acceptors (Lipinski definition) is 2. The largest absolute Gasteiger partial charge is 0.621 e. The molecule has 1 heterocycles. The molecular weight excluding hydrogens is 137 g/mol. The molecule has 1 aliphatic rings. The number of hydroxylamine groups is 2. The van der Waals surface area contributed by atoms with Crippen molar-refractivity contribution in [2.75, 3.05) is 0 Å². The van der Waals surface area contributed by atoms with Crippen LogP contribution in [0.4, 0.5) is 0 Å². The highest BCUT2D eigenvalue weighted by molar-refractivity contribution is 7.24. The minimum Gasteiger partial charge on any atom is -0.621 e. The van der Waals surface area contributed by atoms with Gasteiger partial charge in [0.15, 0.2) is 0 Å². The molecule has 0 bridgehead atoms. The standard InChI is InChI=1S/C5H6NO2P/c7-5-4(9)2-1-3-6(5)8/h1-3,6H,9H2. The summed E-state index contributed by atoms with van der Waals surface area (Å²) in [7, 11) is 2.21. The molecule has 1 rings (SSSR count). The van der Waals surface area contributed by atoms with E-state index in [-0.39, 0.29) is 0 Å². The Kier molecular flexibility index (Phi) is 1.76. The van der Waals surface area contributed by atoms with Crippen LogP contribution >= 0.6 is 9.24 Å². The van der Waals surface area contributed by atoms with Crippen molar-refractivity contribution in [2.45, 2.75) is 0 Å². The third-order valence-electron chi connectivity index (χ3n) is 1.01. The number of amides is 1. The van der Waals surface area contributed by atoms with Crippen LogP contribution in [-0.4, -0.2) is 5.91 Å². The van der Waals surface area contributed by atoms with Crippen LogP contribution in [0.15, 0.2) is 23.7 Å². The molecule has 3 nitrogen and oxygen atoms in total. The fourth-order valence-corrected chi connectivity index (χ4v) is 0.786. The van der Waals surface area contributed by atoms with Gasteiger partial charge in [0.1, 0.15) is 6.20 Å². The van der Waals surface area contributed by atoms with E-state index in [1.54, 1.807) is 12.2 Å². The van der Waals surface area contributed by atoms with Gasteiger partial charge in [-0.25, -0.2) is 4.79 Å². The Bertz CT molecular complexity index is 197. The molecule has 0 aromatic rings. The molecule has 0 aromatic carbocycles. The van der Waals surface area contributed by atoms with Gasteiger partial charge in [-0.15, -0.1) is 0 Å². The quantitative estimate of drug-likeness (QED) is 0.355. The van der Waals surface area contributed by atoms with Gasteiger partial charge in [0.2, 0.25) is 0 Å². The third kappa shape index (κ3) is 1.24. The van der Waals surface area contributed by atoms with Gasteiger partial charge in [0.25, 0.3) is 0 Å². The summed E-state index contributed by atoms with van der Waals surface area (Å²) in [5.74, 6) is -0.428. The number of hydrogen-bond donors (Lipinski definition) is 1. The normalized spacial score (nSPS) is 26.2. The molecule has 9 heavy (non-hydrogen) atoms. The molecule has 0 fully saturated rings. The molecule has 0 aliphatic carbocycles. The number of nitrogens with one attached hydrogen (secondary N) is 1. The Morgan fingerprint density at radius 2 is 2.33 bits per heavy atom. The van der Waals surface area contributed by atoms with E-state index in [0.29, 0.717) is 5.31 Å². The monoisotopic (exact) mass is 143 g/mol. The molecular formula is C5H6NO2P. The second kappa shape index (κ2) is 2.40. The summed E-state index contributed by atoms with van der Waals surface area (Å²) in [5.41, 5.74) is 0. The van der Waals surface area contributed by atoms with E-state index in [2.05, 4.69) is 9.24 Å². The lowest BCUT2D eigenvalue weighted by molar-refractivity contribution is -0.701. The highest BCUT2D eigenvalue weighted by Gasteiger charge is 2.12. The van der Waals surface area contributed by atoms with Gasteiger partial charge in [-0.3, -0.25) is 5.06 Å². The van der Waals surface area contributed by atoms with Crippen molar-refractivity contribution in [1.29, 1.82) is 0 Å². The summed E-state index contributed by atoms with van der Waals surface area (Å²) in [6, 6.07) is 0. The van der Waals surface area contributed by atoms with E-state index >= 15 is 0 Å². The fraction of sp³-hybridized carbons (Fsp3) is 0. The van der Waals surface area contributed by atoms with Crippen molar-refractivity contribution in [3.63, 3.8) is 0 Å². The van der Waals surface area contributed by atoms with E-state index < -0.39 is 11.0 Å². The van der Waals surface area contributed by atoms with E-state index in [9.17, 15) is 10.0 Å². The van der Waals surface area contributed by atoms with Gasteiger partial charge in [-0.05, 0) is 12.2 Å². The van der Waals surface area contributed by atoms with Crippen molar-refractivity contribution in [3.8, 4) is 0 Å². The van der Waals surface area contributed by atoms with E-state index in [4.69, 9.17) is 0 Å². The summed E-state index contributed by atoms with van der Waals surface area (Å²) in [4.78, 5) is 10.6. The second-order valence-electron chi connectivity index (χ2n) is 1.67. The molecule has 1 N–H and O–H groups in total. The lowest BCUT2D eigenvalue weighted by Crippen LogP contribution is -3.05.